The molecule has 0 radical (unpaired) electrons. The van der Waals surface area contributed by atoms with Gasteiger partial charge >= 0.3 is 0 Å². The number of benzene rings is 1. The highest BCUT2D eigenvalue weighted by atomic mass is 35.5. The summed E-state index contributed by atoms with van der Waals surface area (Å²) >= 11 is 6.15. The molecule has 1 aromatic rings. The van der Waals surface area contributed by atoms with Crippen molar-refractivity contribution in [3.05, 3.63) is 34.6 Å². The van der Waals surface area contributed by atoms with E-state index < -0.39 is 0 Å². The van der Waals surface area contributed by atoms with Gasteiger partial charge in [0, 0.05) is 17.2 Å². The first-order valence-corrected chi connectivity index (χ1v) is 6.81. The summed E-state index contributed by atoms with van der Waals surface area (Å²) in [4.78, 5) is 0. The van der Waals surface area contributed by atoms with Crippen molar-refractivity contribution < 1.29 is 9.13 Å². The molecule has 0 amide bonds. The van der Waals surface area contributed by atoms with Crippen molar-refractivity contribution in [1.82, 2.24) is 5.32 Å². The molecule has 0 aliphatic carbocycles. The van der Waals surface area contributed by atoms with Crippen LogP contribution in [0.4, 0.5) is 4.39 Å². The highest BCUT2D eigenvalue weighted by molar-refractivity contribution is 6.31. The lowest BCUT2D eigenvalue weighted by molar-refractivity contribution is 0.0601. The molecule has 0 aromatic heterocycles. The number of hydrogen-bond donors (Lipinski definition) is 1. The van der Waals surface area contributed by atoms with Crippen molar-refractivity contribution >= 4 is 11.6 Å². The maximum atomic E-state index is 14.0. The fraction of sp³-hybridized carbons (Fsp3) is 0.571. The van der Waals surface area contributed by atoms with E-state index in [1.165, 1.54) is 6.07 Å². The summed E-state index contributed by atoms with van der Waals surface area (Å²) in [5, 5.41) is 3.77. The molecule has 3 unspecified atom stereocenters. The molecule has 0 saturated carbocycles. The summed E-state index contributed by atoms with van der Waals surface area (Å²) in [5.41, 5.74) is 0.528. The van der Waals surface area contributed by atoms with Crippen LogP contribution in [0.2, 0.25) is 5.02 Å². The fourth-order valence-corrected chi connectivity index (χ4v) is 2.83. The quantitative estimate of drug-likeness (QED) is 0.904. The molecule has 1 aliphatic rings. The Morgan fingerprint density at radius 1 is 1.56 bits per heavy atom. The van der Waals surface area contributed by atoms with Crippen molar-refractivity contribution in [2.45, 2.75) is 32.4 Å². The standard InChI is InChI=1S/C14H19ClFNO/c1-3-17-13(14-9(2)7-8-18-14)12-10(15)5-4-6-11(12)16/h4-6,9,13-14,17H,3,7-8H2,1-2H3. The van der Waals surface area contributed by atoms with E-state index in [9.17, 15) is 4.39 Å². The van der Waals surface area contributed by atoms with E-state index >= 15 is 0 Å². The Morgan fingerprint density at radius 3 is 2.89 bits per heavy atom. The Labute approximate surface area is 112 Å². The highest BCUT2D eigenvalue weighted by Gasteiger charge is 2.34. The zero-order valence-electron chi connectivity index (χ0n) is 10.7. The van der Waals surface area contributed by atoms with Gasteiger partial charge in [-0.2, -0.15) is 0 Å². The molecular weight excluding hydrogens is 253 g/mol. The molecule has 1 N–H and O–H groups in total. The van der Waals surface area contributed by atoms with Gasteiger partial charge in [0.05, 0.1) is 12.1 Å². The molecular formula is C14H19ClFNO. The van der Waals surface area contributed by atoms with Crippen LogP contribution in [0.5, 0.6) is 0 Å². The van der Waals surface area contributed by atoms with Crippen molar-refractivity contribution in [2.24, 2.45) is 5.92 Å². The van der Waals surface area contributed by atoms with Crippen LogP contribution >= 0.6 is 11.6 Å². The summed E-state index contributed by atoms with van der Waals surface area (Å²) in [6, 6.07) is 4.62. The first-order chi connectivity index (χ1) is 8.65. The van der Waals surface area contributed by atoms with Crippen LogP contribution in [0.25, 0.3) is 0 Å². The maximum Gasteiger partial charge on any atom is 0.129 e. The summed E-state index contributed by atoms with van der Waals surface area (Å²) in [7, 11) is 0. The van der Waals surface area contributed by atoms with Crippen LogP contribution in [0, 0.1) is 11.7 Å². The second-order valence-corrected chi connectivity index (χ2v) is 5.18. The van der Waals surface area contributed by atoms with Gasteiger partial charge in [0.2, 0.25) is 0 Å². The summed E-state index contributed by atoms with van der Waals surface area (Å²) < 4.78 is 19.8. The monoisotopic (exact) mass is 271 g/mol. The number of likely N-dealkylation sites (N-methyl/N-ethyl adjacent to an activating group) is 1. The number of halogens is 2. The molecule has 2 rings (SSSR count). The van der Waals surface area contributed by atoms with Crippen LogP contribution in [0.1, 0.15) is 31.9 Å². The molecule has 1 aliphatic heterocycles. The number of ether oxygens (including phenoxy) is 1. The molecule has 1 saturated heterocycles. The molecule has 0 bridgehead atoms. The minimum Gasteiger partial charge on any atom is -0.376 e. The van der Waals surface area contributed by atoms with Crippen molar-refractivity contribution in [2.75, 3.05) is 13.2 Å². The zero-order valence-corrected chi connectivity index (χ0v) is 11.5. The van der Waals surface area contributed by atoms with Gasteiger partial charge < -0.3 is 10.1 Å². The fourth-order valence-electron chi connectivity index (χ4n) is 2.55. The summed E-state index contributed by atoms with van der Waals surface area (Å²) in [5.74, 6) is 0.140. The topological polar surface area (TPSA) is 21.3 Å². The SMILES string of the molecule is CCNC(c1c(F)cccc1Cl)C1OCCC1C. The third-order valence-electron chi connectivity index (χ3n) is 3.51. The first kappa shape index (κ1) is 13.8. The predicted molar refractivity (Wildman–Crippen MR) is 71.3 cm³/mol. The van der Waals surface area contributed by atoms with Gasteiger partial charge in [-0.25, -0.2) is 4.39 Å². The number of hydrogen-bond acceptors (Lipinski definition) is 2. The second kappa shape index (κ2) is 6.00. The lowest BCUT2D eigenvalue weighted by Crippen LogP contribution is -2.35. The van der Waals surface area contributed by atoms with Gasteiger partial charge in [-0.05, 0) is 31.0 Å². The zero-order chi connectivity index (χ0) is 13.1. The number of rotatable bonds is 4. The van der Waals surface area contributed by atoms with Gasteiger partial charge in [-0.3, -0.25) is 0 Å². The average molecular weight is 272 g/mol. The summed E-state index contributed by atoms with van der Waals surface area (Å²) in [6.45, 7) is 5.62. The number of nitrogens with one attached hydrogen (secondary N) is 1. The lowest BCUT2D eigenvalue weighted by atomic mass is 9.92. The Morgan fingerprint density at radius 2 is 2.33 bits per heavy atom. The molecule has 3 atom stereocenters. The highest BCUT2D eigenvalue weighted by Crippen LogP contribution is 2.35. The van der Waals surface area contributed by atoms with Gasteiger partial charge in [-0.1, -0.05) is 31.5 Å². The van der Waals surface area contributed by atoms with Crippen LogP contribution in [0.3, 0.4) is 0 Å². The van der Waals surface area contributed by atoms with E-state index in [1.54, 1.807) is 12.1 Å². The predicted octanol–water partition coefficient (Wildman–Crippen LogP) is 3.55. The molecule has 18 heavy (non-hydrogen) atoms. The normalized spacial score (nSPS) is 25.3. The summed E-state index contributed by atoms with van der Waals surface area (Å²) in [6.07, 6.45) is 0.998. The van der Waals surface area contributed by atoms with Gasteiger partial charge in [0.25, 0.3) is 0 Å². The van der Waals surface area contributed by atoms with Crippen LogP contribution < -0.4 is 5.32 Å². The second-order valence-electron chi connectivity index (χ2n) is 4.77. The van der Waals surface area contributed by atoms with E-state index in [0.29, 0.717) is 16.5 Å². The molecule has 0 spiro atoms. The largest absolute Gasteiger partial charge is 0.376 e. The molecule has 4 heteroatoms. The van der Waals surface area contributed by atoms with E-state index in [0.717, 1.165) is 19.6 Å². The Hall–Kier alpha value is -0.640. The van der Waals surface area contributed by atoms with E-state index in [1.807, 2.05) is 6.92 Å². The van der Waals surface area contributed by atoms with Crippen LogP contribution in [-0.4, -0.2) is 19.3 Å². The molecule has 100 valence electrons. The van der Waals surface area contributed by atoms with Crippen molar-refractivity contribution in [3.8, 4) is 0 Å². The molecule has 1 aromatic carbocycles. The molecule has 1 fully saturated rings. The van der Waals surface area contributed by atoms with Crippen LogP contribution in [-0.2, 0) is 4.74 Å². The Bertz CT molecular complexity index is 393. The minimum absolute atomic E-state index is 0.0145. The van der Waals surface area contributed by atoms with Gasteiger partial charge in [-0.15, -0.1) is 0 Å². The van der Waals surface area contributed by atoms with Gasteiger partial charge in [0.15, 0.2) is 0 Å². The van der Waals surface area contributed by atoms with Gasteiger partial charge in [0.1, 0.15) is 5.82 Å². The third kappa shape index (κ3) is 2.68. The van der Waals surface area contributed by atoms with E-state index in [-0.39, 0.29) is 18.0 Å². The lowest BCUT2D eigenvalue weighted by Gasteiger charge is -2.28. The van der Waals surface area contributed by atoms with Crippen molar-refractivity contribution in [1.29, 1.82) is 0 Å². The molecule has 2 nitrogen and oxygen atoms in total. The van der Waals surface area contributed by atoms with E-state index in [2.05, 4.69) is 12.2 Å². The minimum atomic E-state index is -0.267. The maximum absolute atomic E-state index is 14.0. The van der Waals surface area contributed by atoms with Crippen LogP contribution in [0.15, 0.2) is 18.2 Å². The Balaban J connectivity index is 2.34. The Kier molecular flexibility index (Phi) is 4.60. The van der Waals surface area contributed by atoms with E-state index in [4.69, 9.17) is 16.3 Å². The smallest absolute Gasteiger partial charge is 0.129 e. The third-order valence-corrected chi connectivity index (χ3v) is 3.84. The molecule has 1 heterocycles. The van der Waals surface area contributed by atoms with Crippen molar-refractivity contribution in [3.63, 3.8) is 0 Å². The first-order valence-electron chi connectivity index (χ1n) is 6.44. The average Bonchev–Trinajstić information content (AvgIpc) is 2.74.